The second-order valence-corrected chi connectivity index (χ2v) is 6.35. The first kappa shape index (κ1) is 21.4. The predicted octanol–water partition coefficient (Wildman–Crippen LogP) is 2.92. The van der Waals surface area contributed by atoms with Crippen molar-refractivity contribution >= 4 is 17.9 Å². The summed E-state index contributed by atoms with van der Waals surface area (Å²) in [5.74, 6) is -1.70. The van der Waals surface area contributed by atoms with E-state index in [2.05, 4.69) is 4.89 Å². The van der Waals surface area contributed by atoms with Gasteiger partial charge in [-0.2, -0.15) is 5.26 Å². The molecule has 0 aromatic heterocycles. The summed E-state index contributed by atoms with van der Waals surface area (Å²) in [6.07, 6.45) is 0.347. The Morgan fingerprint density at radius 1 is 0.957 bits per heavy atom. The number of hydrogen-bond acceptors (Lipinski definition) is 7. The molecule has 0 radical (unpaired) electrons. The summed E-state index contributed by atoms with van der Waals surface area (Å²) in [5, 5.41) is 8.35. The number of ether oxygens (including phenoxy) is 2. The molecule has 1 N–H and O–H groups in total. The zero-order chi connectivity index (χ0) is 18.0. The van der Waals surface area contributed by atoms with Crippen LogP contribution in [0, 0.1) is 17.8 Å². The third kappa shape index (κ3) is 10.7. The van der Waals surface area contributed by atoms with Gasteiger partial charge in [0, 0.05) is 13.3 Å². The lowest BCUT2D eigenvalue weighted by Gasteiger charge is -2.18. The van der Waals surface area contributed by atoms with E-state index in [1.807, 2.05) is 13.8 Å². The minimum atomic E-state index is -0.941. The molecule has 0 aliphatic rings. The van der Waals surface area contributed by atoms with Gasteiger partial charge >= 0.3 is 17.9 Å². The Kier molecular flexibility index (Phi) is 10.2. The third-order valence-corrected chi connectivity index (χ3v) is 3.17. The molecule has 0 aliphatic carbocycles. The molecule has 0 heterocycles. The van der Waals surface area contributed by atoms with Gasteiger partial charge < -0.3 is 14.4 Å². The highest BCUT2D eigenvalue weighted by molar-refractivity contribution is 5.73. The number of esters is 2. The lowest BCUT2D eigenvalue weighted by atomic mass is 9.90. The zero-order valence-electron chi connectivity index (χ0n) is 14.5. The van der Waals surface area contributed by atoms with E-state index < -0.39 is 24.2 Å². The fourth-order valence-electron chi connectivity index (χ4n) is 2.13. The highest BCUT2D eigenvalue weighted by atomic mass is 17.1. The zero-order valence-corrected chi connectivity index (χ0v) is 14.5. The highest BCUT2D eigenvalue weighted by Crippen LogP contribution is 2.21. The van der Waals surface area contributed by atoms with E-state index in [0.29, 0.717) is 12.3 Å². The number of rotatable bonds is 10. The van der Waals surface area contributed by atoms with Crippen molar-refractivity contribution in [1.82, 2.24) is 0 Å². The van der Waals surface area contributed by atoms with Crippen molar-refractivity contribution in [2.24, 2.45) is 17.8 Å². The molecule has 7 nitrogen and oxygen atoms in total. The molecule has 7 heteroatoms. The molecule has 0 bridgehead atoms. The molecule has 0 rings (SSSR count). The lowest BCUT2D eigenvalue weighted by molar-refractivity contribution is -0.235. The van der Waals surface area contributed by atoms with E-state index in [0.717, 1.165) is 6.42 Å². The molecule has 0 amide bonds. The van der Waals surface area contributed by atoms with Crippen molar-refractivity contribution in [3.8, 4) is 0 Å². The lowest BCUT2D eigenvalue weighted by Crippen LogP contribution is -2.24. The van der Waals surface area contributed by atoms with E-state index in [1.165, 1.54) is 6.92 Å². The topological polar surface area (TPSA) is 99.1 Å². The van der Waals surface area contributed by atoms with Crippen molar-refractivity contribution in [3.05, 3.63) is 0 Å². The Morgan fingerprint density at radius 3 is 2.04 bits per heavy atom. The first-order valence-electron chi connectivity index (χ1n) is 7.89. The molecule has 0 aromatic carbocycles. The fourth-order valence-corrected chi connectivity index (χ4v) is 2.13. The van der Waals surface area contributed by atoms with Crippen molar-refractivity contribution < 1.29 is 34.0 Å². The van der Waals surface area contributed by atoms with Crippen molar-refractivity contribution in [3.63, 3.8) is 0 Å². The van der Waals surface area contributed by atoms with Gasteiger partial charge in [-0.3, -0.25) is 9.59 Å². The van der Waals surface area contributed by atoms with Crippen LogP contribution in [-0.2, 0) is 28.7 Å². The Bertz CT molecular complexity index is 390. The van der Waals surface area contributed by atoms with Crippen LogP contribution in [0.5, 0.6) is 0 Å². The third-order valence-electron chi connectivity index (χ3n) is 3.17. The van der Waals surface area contributed by atoms with Crippen molar-refractivity contribution in [2.75, 3.05) is 0 Å². The molecule has 2 atom stereocenters. The normalized spacial score (nSPS) is 13.6. The van der Waals surface area contributed by atoms with Crippen molar-refractivity contribution in [2.45, 2.75) is 66.6 Å². The summed E-state index contributed by atoms with van der Waals surface area (Å²) >= 11 is 0. The largest absolute Gasteiger partial charge is 0.425 e. The molecule has 1 unspecified atom stereocenters. The fraction of sp³-hybridized carbons (Fsp3) is 0.812. The monoisotopic (exact) mass is 332 g/mol. The number of hydrogen-bond donors (Lipinski definition) is 1. The maximum absolute atomic E-state index is 11.8. The van der Waals surface area contributed by atoms with Crippen LogP contribution in [0.25, 0.3) is 0 Å². The highest BCUT2D eigenvalue weighted by Gasteiger charge is 2.20. The molecular weight excluding hydrogens is 304 g/mol. The summed E-state index contributed by atoms with van der Waals surface area (Å²) < 4.78 is 9.96. The molecule has 0 saturated carbocycles. The van der Waals surface area contributed by atoms with Crippen LogP contribution in [-0.4, -0.2) is 29.5 Å². The van der Waals surface area contributed by atoms with Gasteiger partial charge in [0.25, 0.3) is 0 Å². The van der Waals surface area contributed by atoms with Gasteiger partial charge in [-0.05, 0) is 24.7 Å². The maximum atomic E-state index is 11.8. The Hall–Kier alpha value is -1.63. The van der Waals surface area contributed by atoms with Gasteiger partial charge in [-0.1, -0.05) is 27.7 Å². The van der Waals surface area contributed by atoms with Crippen LogP contribution in [0.4, 0.5) is 0 Å². The first-order chi connectivity index (χ1) is 10.6. The Labute approximate surface area is 137 Å². The quantitative estimate of drug-likeness (QED) is 0.284. The number of carbonyl (C=O) groups excluding carboxylic acids is 3. The summed E-state index contributed by atoms with van der Waals surface area (Å²) in [7, 11) is 0. The maximum Gasteiger partial charge on any atom is 0.342 e. The summed E-state index contributed by atoms with van der Waals surface area (Å²) in [6.45, 7) is 8.86. The SMILES string of the molecule is CC(C)C[C@H](CCC(=O)OC(C)OC(=O)C(C)C)CC(=O)OO. The van der Waals surface area contributed by atoms with Gasteiger partial charge in [-0.15, -0.1) is 0 Å². The van der Waals surface area contributed by atoms with Crippen LogP contribution >= 0.6 is 0 Å². The Morgan fingerprint density at radius 2 is 1.57 bits per heavy atom. The predicted molar refractivity (Wildman–Crippen MR) is 82.0 cm³/mol. The molecule has 0 saturated heterocycles. The van der Waals surface area contributed by atoms with Crippen LogP contribution < -0.4 is 0 Å². The summed E-state index contributed by atoms with van der Waals surface area (Å²) in [6, 6.07) is 0. The smallest absolute Gasteiger partial charge is 0.342 e. The molecule has 23 heavy (non-hydrogen) atoms. The second-order valence-electron chi connectivity index (χ2n) is 6.35. The van der Waals surface area contributed by atoms with Gasteiger partial charge in [0.2, 0.25) is 6.29 Å². The van der Waals surface area contributed by atoms with E-state index in [9.17, 15) is 14.4 Å². The standard InChI is InChI=1S/C16H28O7/c1-10(2)8-13(9-15(18)23-20)6-7-14(17)21-12(5)22-16(19)11(3)4/h10-13,20H,6-9H2,1-5H3/t12?,13-/m0/s1. The van der Waals surface area contributed by atoms with Gasteiger partial charge in [0.1, 0.15) is 0 Å². The molecule has 0 aromatic rings. The van der Waals surface area contributed by atoms with Crippen LogP contribution in [0.1, 0.15) is 60.3 Å². The van der Waals surface area contributed by atoms with Crippen LogP contribution in [0.15, 0.2) is 0 Å². The molecule has 134 valence electrons. The minimum absolute atomic E-state index is 0.0415. The molecule has 0 fully saturated rings. The van der Waals surface area contributed by atoms with E-state index in [-0.39, 0.29) is 24.7 Å². The molecule has 0 spiro atoms. The second kappa shape index (κ2) is 11.0. The van der Waals surface area contributed by atoms with Crippen LogP contribution in [0.3, 0.4) is 0 Å². The van der Waals surface area contributed by atoms with Gasteiger partial charge in [0.05, 0.1) is 12.3 Å². The summed E-state index contributed by atoms with van der Waals surface area (Å²) in [5.41, 5.74) is 0. The first-order valence-corrected chi connectivity index (χ1v) is 7.89. The van der Waals surface area contributed by atoms with E-state index in [1.54, 1.807) is 13.8 Å². The van der Waals surface area contributed by atoms with Crippen LogP contribution in [0.2, 0.25) is 0 Å². The summed E-state index contributed by atoms with van der Waals surface area (Å²) in [4.78, 5) is 38.0. The minimum Gasteiger partial charge on any atom is -0.425 e. The Balaban J connectivity index is 4.29. The molecular formula is C16H28O7. The van der Waals surface area contributed by atoms with Gasteiger partial charge in [0.15, 0.2) is 0 Å². The molecule has 0 aliphatic heterocycles. The average Bonchev–Trinajstić information content (AvgIpc) is 2.43. The number of carbonyl (C=O) groups is 3. The van der Waals surface area contributed by atoms with E-state index in [4.69, 9.17) is 14.7 Å². The van der Waals surface area contributed by atoms with E-state index >= 15 is 0 Å². The average molecular weight is 332 g/mol. The van der Waals surface area contributed by atoms with Crippen molar-refractivity contribution in [1.29, 1.82) is 0 Å². The van der Waals surface area contributed by atoms with Gasteiger partial charge in [-0.25, -0.2) is 4.79 Å².